The third-order valence-corrected chi connectivity index (χ3v) is 6.66. The Bertz CT molecular complexity index is 1240. The number of aryl methyl sites for hydroxylation is 2. The minimum absolute atomic E-state index is 0.182. The first-order chi connectivity index (χ1) is 12.4. The van der Waals surface area contributed by atoms with Crippen molar-refractivity contribution >= 4 is 42.6 Å². The number of nitrogens with zero attached hydrogens (tertiary/aromatic N) is 3. The number of hydrogen-bond acceptors (Lipinski definition) is 5. The van der Waals surface area contributed by atoms with Crippen LogP contribution in [0.4, 0.5) is 0 Å². The maximum Gasteiger partial charge on any atom is 0.217 e. The van der Waals surface area contributed by atoms with Gasteiger partial charge in [0.1, 0.15) is 11.1 Å². The van der Waals surface area contributed by atoms with E-state index in [1.807, 2.05) is 0 Å². The first kappa shape index (κ1) is 19.8. The molecule has 1 aromatic carbocycles. The van der Waals surface area contributed by atoms with E-state index in [-0.39, 0.29) is 5.56 Å². The van der Waals surface area contributed by atoms with Crippen LogP contribution in [-0.2, 0) is 27.1 Å². The van der Waals surface area contributed by atoms with Crippen molar-refractivity contribution in [1.82, 2.24) is 14.3 Å². The summed E-state index contributed by atoms with van der Waals surface area (Å²) in [7, 11) is -6.77. The Morgan fingerprint density at radius 3 is 2.44 bits per heavy atom. The summed E-state index contributed by atoms with van der Waals surface area (Å²) in [6.07, 6.45) is 1.72. The molecule has 2 heterocycles. The number of aromatic nitrogens is 3. The van der Waals surface area contributed by atoms with Crippen molar-refractivity contribution in [3.63, 3.8) is 0 Å². The molecule has 0 saturated heterocycles. The molecule has 12 heteroatoms. The molecule has 0 amide bonds. The Kier molecular flexibility index (Phi) is 4.85. The first-order valence-corrected chi connectivity index (χ1v) is 11.4. The fraction of sp³-hybridized carbons (Fsp3) is 0.267. The average Bonchev–Trinajstić information content (AvgIpc) is 3.02. The van der Waals surface area contributed by atoms with Crippen molar-refractivity contribution in [2.75, 3.05) is 5.75 Å². The van der Waals surface area contributed by atoms with Crippen molar-refractivity contribution in [1.29, 1.82) is 0 Å². The van der Waals surface area contributed by atoms with Crippen LogP contribution in [0, 0.1) is 6.92 Å². The van der Waals surface area contributed by atoms with E-state index in [1.165, 1.54) is 4.68 Å². The number of halogens is 1. The molecule has 3 rings (SSSR count). The molecule has 0 aliphatic carbocycles. The van der Waals surface area contributed by atoms with Crippen LogP contribution in [0.5, 0.6) is 0 Å². The lowest BCUT2D eigenvalue weighted by molar-refractivity contribution is 0.577. The van der Waals surface area contributed by atoms with E-state index in [1.54, 1.807) is 49.0 Å². The molecule has 1 unspecified atom stereocenters. The molecular weight excluding hydrogens is 414 g/mol. The summed E-state index contributed by atoms with van der Waals surface area (Å²) in [6, 6.07) is 7.04. The number of fused-ring (bicyclic) bond motifs is 1. The van der Waals surface area contributed by atoms with Crippen LogP contribution in [0.3, 0.4) is 0 Å². The normalized spacial score (nSPS) is 14.0. The second-order valence-corrected chi connectivity index (χ2v) is 10.1. The van der Waals surface area contributed by atoms with E-state index in [2.05, 4.69) is 5.10 Å². The van der Waals surface area contributed by atoms with Gasteiger partial charge in [0.2, 0.25) is 20.0 Å². The van der Waals surface area contributed by atoms with Gasteiger partial charge in [-0.2, -0.15) is 5.10 Å². The predicted octanol–water partition coefficient (Wildman–Crippen LogP) is 0.944. The number of hydrogen-bond donors (Lipinski definition) is 2. The van der Waals surface area contributed by atoms with Gasteiger partial charge in [-0.05, 0) is 31.2 Å². The Labute approximate surface area is 161 Å². The Balaban J connectivity index is 2.32. The van der Waals surface area contributed by atoms with Crippen LogP contribution < -0.4 is 10.3 Å². The molecule has 146 valence electrons. The molecule has 0 radical (unpaired) electrons. The number of benzene rings is 1. The quantitative estimate of drug-likeness (QED) is 0.617. The summed E-state index contributed by atoms with van der Waals surface area (Å²) >= 11 is 6.02. The van der Waals surface area contributed by atoms with Gasteiger partial charge in [-0.3, -0.25) is 4.68 Å². The zero-order valence-corrected chi connectivity index (χ0v) is 16.9. The molecule has 0 aliphatic heterocycles. The van der Waals surface area contributed by atoms with Gasteiger partial charge < -0.3 is 4.57 Å². The molecular formula is C15H18ClN5O4S2. The maximum atomic E-state index is 12.2. The van der Waals surface area contributed by atoms with Crippen molar-refractivity contribution in [2.24, 2.45) is 17.3 Å². The third-order valence-electron chi connectivity index (χ3n) is 4.22. The third kappa shape index (κ3) is 3.87. The molecule has 0 saturated carbocycles. The summed E-state index contributed by atoms with van der Waals surface area (Å²) in [5.74, 6) is -0.469. The van der Waals surface area contributed by atoms with Crippen molar-refractivity contribution in [3.05, 3.63) is 46.7 Å². The molecule has 3 aromatic rings. The Morgan fingerprint density at radius 1 is 1.19 bits per heavy atom. The van der Waals surface area contributed by atoms with Crippen LogP contribution in [0.1, 0.15) is 16.5 Å². The predicted molar refractivity (Wildman–Crippen MR) is 104 cm³/mol. The molecule has 0 fully saturated rings. The van der Waals surface area contributed by atoms with Crippen LogP contribution in [0.15, 0.2) is 30.5 Å². The molecule has 0 aliphatic rings. The summed E-state index contributed by atoms with van der Waals surface area (Å²) in [5.41, 5.74) is 1.26. The van der Waals surface area contributed by atoms with Gasteiger partial charge in [-0.25, -0.2) is 27.1 Å². The molecule has 9 nitrogen and oxygen atoms in total. The van der Waals surface area contributed by atoms with Crippen LogP contribution >= 0.6 is 11.6 Å². The smallest absolute Gasteiger partial charge is 0.217 e. The van der Waals surface area contributed by atoms with E-state index in [4.69, 9.17) is 21.9 Å². The second-order valence-electron chi connectivity index (χ2n) is 6.24. The number of primary sulfonamides is 2. The van der Waals surface area contributed by atoms with Crippen LogP contribution in [0.2, 0.25) is 5.02 Å². The van der Waals surface area contributed by atoms with Crippen molar-refractivity contribution in [3.8, 4) is 5.82 Å². The van der Waals surface area contributed by atoms with Gasteiger partial charge in [0, 0.05) is 29.2 Å². The van der Waals surface area contributed by atoms with Crippen LogP contribution in [-0.4, -0.2) is 36.9 Å². The van der Waals surface area contributed by atoms with E-state index in [9.17, 15) is 16.8 Å². The minimum Gasteiger partial charge on any atom is -0.301 e. The highest BCUT2D eigenvalue weighted by Crippen LogP contribution is 2.33. The molecule has 0 bridgehead atoms. The van der Waals surface area contributed by atoms with Crippen LogP contribution in [0.25, 0.3) is 16.7 Å². The largest absolute Gasteiger partial charge is 0.301 e. The maximum absolute atomic E-state index is 12.2. The average molecular weight is 432 g/mol. The van der Waals surface area contributed by atoms with Crippen molar-refractivity contribution < 1.29 is 16.8 Å². The van der Waals surface area contributed by atoms with E-state index >= 15 is 0 Å². The Hall–Kier alpha value is -1.92. The monoisotopic (exact) mass is 431 g/mol. The summed E-state index contributed by atoms with van der Waals surface area (Å²) in [6.45, 7) is 1.59. The second kappa shape index (κ2) is 6.60. The molecule has 1 atom stereocenters. The molecule has 0 spiro atoms. The zero-order chi connectivity index (χ0) is 20.1. The van der Waals surface area contributed by atoms with E-state index in [0.717, 1.165) is 10.9 Å². The van der Waals surface area contributed by atoms with Gasteiger partial charge in [-0.15, -0.1) is 0 Å². The first-order valence-electron chi connectivity index (χ1n) is 7.71. The number of nitrogens with two attached hydrogens (primary N) is 2. The standard InChI is InChI=1S/C15H18ClN5O4S2/c1-9-14(13(27(18,24)25)8-26(17,22)23)15(20(2)19-9)21-6-5-10-7-11(16)3-4-12(10)21/h3-7,13H,8H2,1-2H3,(H2,17,22,23)(H2,18,24,25). The molecule has 27 heavy (non-hydrogen) atoms. The SMILES string of the molecule is Cc1nn(C)c(-n2ccc3cc(Cl)ccc32)c1C(CS(N)(=O)=O)S(N)(=O)=O. The zero-order valence-electron chi connectivity index (χ0n) is 14.5. The van der Waals surface area contributed by atoms with Gasteiger partial charge in [0.25, 0.3) is 0 Å². The fourth-order valence-electron chi connectivity index (χ4n) is 3.18. The summed E-state index contributed by atoms with van der Waals surface area (Å²) in [5, 5.41) is 14.5. The number of rotatable bonds is 5. The number of sulfonamides is 2. The lowest BCUT2D eigenvalue weighted by atomic mass is 10.2. The summed E-state index contributed by atoms with van der Waals surface area (Å²) < 4.78 is 50.8. The van der Waals surface area contributed by atoms with E-state index < -0.39 is 31.0 Å². The lowest BCUT2D eigenvalue weighted by Gasteiger charge is -2.17. The summed E-state index contributed by atoms with van der Waals surface area (Å²) in [4.78, 5) is 0. The van der Waals surface area contributed by atoms with Gasteiger partial charge in [-0.1, -0.05) is 11.6 Å². The van der Waals surface area contributed by atoms with Gasteiger partial charge >= 0.3 is 0 Å². The molecule has 2 aromatic heterocycles. The minimum atomic E-state index is -4.28. The van der Waals surface area contributed by atoms with Gasteiger partial charge in [0.15, 0.2) is 0 Å². The van der Waals surface area contributed by atoms with E-state index in [0.29, 0.717) is 16.5 Å². The highest BCUT2D eigenvalue weighted by atomic mass is 35.5. The highest BCUT2D eigenvalue weighted by molar-refractivity contribution is 7.93. The highest BCUT2D eigenvalue weighted by Gasteiger charge is 2.34. The van der Waals surface area contributed by atoms with Gasteiger partial charge in [0.05, 0.1) is 17.0 Å². The fourth-order valence-corrected chi connectivity index (χ4v) is 5.88. The topological polar surface area (TPSA) is 143 Å². The Morgan fingerprint density at radius 2 is 1.85 bits per heavy atom. The lowest BCUT2D eigenvalue weighted by Crippen LogP contribution is -2.32. The molecule has 4 N–H and O–H groups in total. The van der Waals surface area contributed by atoms with Crippen molar-refractivity contribution in [2.45, 2.75) is 12.2 Å².